The van der Waals surface area contributed by atoms with Gasteiger partial charge in [-0.25, -0.2) is 4.98 Å². The summed E-state index contributed by atoms with van der Waals surface area (Å²) in [5.74, 6) is -0.0394. The third-order valence-electron chi connectivity index (χ3n) is 3.74. The van der Waals surface area contributed by atoms with Gasteiger partial charge in [-0.1, -0.05) is 19.9 Å². The van der Waals surface area contributed by atoms with Crippen LogP contribution in [0.3, 0.4) is 0 Å². The summed E-state index contributed by atoms with van der Waals surface area (Å²) in [6.07, 6.45) is 5.46. The van der Waals surface area contributed by atoms with Crippen LogP contribution in [0.2, 0.25) is 0 Å². The minimum absolute atomic E-state index is 0.115. The lowest BCUT2D eigenvalue weighted by Gasteiger charge is -2.30. The van der Waals surface area contributed by atoms with E-state index >= 15 is 0 Å². The molecule has 2 heterocycles. The first kappa shape index (κ1) is 15.2. The standard InChI is InChI=1S/C15H20N4O2/c1-3-15(16,11(2)13-18-8-9-19-13)14(20)21-10-12-6-4-5-7-17-12/h4-9,11H,3,10,16H2,1-2H3,(H,18,19). The number of imidazole rings is 1. The highest BCUT2D eigenvalue weighted by atomic mass is 16.5. The minimum atomic E-state index is -1.12. The van der Waals surface area contributed by atoms with Crippen LogP contribution in [0, 0.1) is 0 Å². The predicted molar refractivity (Wildman–Crippen MR) is 78.2 cm³/mol. The first-order valence-corrected chi connectivity index (χ1v) is 6.93. The van der Waals surface area contributed by atoms with E-state index in [2.05, 4.69) is 15.0 Å². The van der Waals surface area contributed by atoms with Crippen LogP contribution >= 0.6 is 0 Å². The molecular formula is C15H20N4O2. The molecule has 2 aromatic heterocycles. The molecule has 112 valence electrons. The maximum absolute atomic E-state index is 12.4. The summed E-state index contributed by atoms with van der Waals surface area (Å²) in [5, 5.41) is 0. The average Bonchev–Trinajstić information content (AvgIpc) is 3.06. The van der Waals surface area contributed by atoms with Gasteiger partial charge >= 0.3 is 5.97 Å². The van der Waals surface area contributed by atoms with E-state index < -0.39 is 11.5 Å². The maximum Gasteiger partial charge on any atom is 0.327 e. The summed E-state index contributed by atoms with van der Waals surface area (Å²) < 4.78 is 5.34. The number of rotatable bonds is 6. The zero-order chi connectivity index (χ0) is 15.3. The number of carbonyl (C=O) groups is 1. The van der Waals surface area contributed by atoms with E-state index in [0.29, 0.717) is 17.9 Å². The van der Waals surface area contributed by atoms with E-state index in [9.17, 15) is 4.79 Å². The molecule has 2 atom stereocenters. The summed E-state index contributed by atoms with van der Waals surface area (Å²) in [5.41, 5.74) is 5.86. The van der Waals surface area contributed by atoms with E-state index in [1.807, 2.05) is 26.0 Å². The molecule has 0 radical (unpaired) electrons. The smallest absolute Gasteiger partial charge is 0.327 e. The van der Waals surface area contributed by atoms with Gasteiger partial charge < -0.3 is 15.5 Å². The molecule has 0 aliphatic carbocycles. The van der Waals surface area contributed by atoms with Crippen molar-refractivity contribution in [2.45, 2.75) is 38.3 Å². The van der Waals surface area contributed by atoms with Gasteiger partial charge in [0.1, 0.15) is 18.0 Å². The van der Waals surface area contributed by atoms with Crippen molar-refractivity contribution >= 4 is 5.97 Å². The number of ether oxygens (including phenoxy) is 1. The monoisotopic (exact) mass is 288 g/mol. The number of nitrogens with two attached hydrogens (primary N) is 1. The van der Waals surface area contributed by atoms with Gasteiger partial charge in [0, 0.05) is 24.5 Å². The molecule has 0 spiro atoms. The van der Waals surface area contributed by atoms with Crippen LogP contribution in [0.25, 0.3) is 0 Å². The molecule has 2 aromatic rings. The molecular weight excluding hydrogens is 268 g/mol. The normalized spacial score (nSPS) is 15.2. The number of hydrogen-bond donors (Lipinski definition) is 2. The van der Waals surface area contributed by atoms with Crippen molar-refractivity contribution in [2.24, 2.45) is 5.73 Å². The third kappa shape index (κ3) is 3.28. The topological polar surface area (TPSA) is 93.9 Å². The summed E-state index contributed by atoms with van der Waals surface area (Å²) in [7, 11) is 0. The van der Waals surface area contributed by atoms with Gasteiger partial charge in [0.05, 0.1) is 5.69 Å². The first-order chi connectivity index (χ1) is 10.1. The van der Waals surface area contributed by atoms with E-state index in [0.717, 1.165) is 0 Å². The first-order valence-electron chi connectivity index (χ1n) is 6.93. The third-order valence-corrected chi connectivity index (χ3v) is 3.74. The number of aromatic amines is 1. The van der Waals surface area contributed by atoms with Crippen molar-refractivity contribution in [1.82, 2.24) is 15.0 Å². The average molecular weight is 288 g/mol. The highest BCUT2D eigenvalue weighted by Crippen LogP contribution is 2.28. The van der Waals surface area contributed by atoms with E-state index in [4.69, 9.17) is 10.5 Å². The Bertz CT molecular complexity index is 571. The highest BCUT2D eigenvalue weighted by molar-refractivity contribution is 5.81. The molecule has 0 bridgehead atoms. The largest absolute Gasteiger partial charge is 0.458 e. The van der Waals surface area contributed by atoms with Crippen LogP contribution in [0.5, 0.6) is 0 Å². The Balaban J connectivity index is 2.07. The van der Waals surface area contributed by atoms with Crippen LogP contribution < -0.4 is 5.73 Å². The lowest BCUT2D eigenvalue weighted by Crippen LogP contribution is -2.52. The number of nitrogens with one attached hydrogen (secondary N) is 1. The fourth-order valence-electron chi connectivity index (χ4n) is 2.14. The summed E-state index contributed by atoms with van der Waals surface area (Å²) in [6, 6.07) is 5.45. The van der Waals surface area contributed by atoms with Crippen LogP contribution in [-0.2, 0) is 16.1 Å². The van der Waals surface area contributed by atoms with Crippen molar-refractivity contribution < 1.29 is 9.53 Å². The second-order valence-corrected chi connectivity index (χ2v) is 4.99. The second-order valence-electron chi connectivity index (χ2n) is 4.99. The number of carbonyl (C=O) groups excluding carboxylic acids is 1. The Kier molecular flexibility index (Phi) is 4.70. The van der Waals surface area contributed by atoms with Crippen molar-refractivity contribution in [3.63, 3.8) is 0 Å². The molecule has 0 aliphatic heterocycles. The molecule has 0 amide bonds. The molecule has 2 unspecified atom stereocenters. The molecule has 0 aromatic carbocycles. The lowest BCUT2D eigenvalue weighted by molar-refractivity contribution is -0.152. The van der Waals surface area contributed by atoms with Gasteiger partial charge in [0.15, 0.2) is 0 Å². The van der Waals surface area contributed by atoms with Crippen LogP contribution in [-0.4, -0.2) is 26.5 Å². The second kappa shape index (κ2) is 6.49. The van der Waals surface area contributed by atoms with E-state index in [1.54, 1.807) is 24.7 Å². The van der Waals surface area contributed by atoms with Crippen molar-refractivity contribution in [3.8, 4) is 0 Å². The van der Waals surface area contributed by atoms with Gasteiger partial charge in [-0.15, -0.1) is 0 Å². The Labute approximate surface area is 123 Å². The van der Waals surface area contributed by atoms with Gasteiger partial charge in [0.2, 0.25) is 0 Å². The lowest BCUT2D eigenvalue weighted by atomic mass is 9.83. The Morgan fingerprint density at radius 3 is 2.81 bits per heavy atom. The minimum Gasteiger partial charge on any atom is -0.458 e. The summed E-state index contributed by atoms with van der Waals surface area (Å²) >= 11 is 0. The van der Waals surface area contributed by atoms with Crippen molar-refractivity contribution in [1.29, 1.82) is 0 Å². The number of pyridine rings is 1. The zero-order valence-corrected chi connectivity index (χ0v) is 12.2. The molecule has 0 fully saturated rings. The quantitative estimate of drug-likeness (QED) is 0.790. The summed E-state index contributed by atoms with van der Waals surface area (Å²) in [4.78, 5) is 23.7. The molecule has 2 rings (SSSR count). The Morgan fingerprint density at radius 1 is 1.43 bits per heavy atom. The fraction of sp³-hybridized carbons (Fsp3) is 0.400. The molecule has 21 heavy (non-hydrogen) atoms. The molecule has 3 N–H and O–H groups in total. The fourth-order valence-corrected chi connectivity index (χ4v) is 2.14. The van der Waals surface area contributed by atoms with Gasteiger partial charge in [-0.3, -0.25) is 9.78 Å². The number of aromatic nitrogens is 3. The van der Waals surface area contributed by atoms with Crippen LogP contribution in [0.4, 0.5) is 0 Å². The van der Waals surface area contributed by atoms with E-state index in [1.165, 1.54) is 0 Å². The van der Waals surface area contributed by atoms with Crippen LogP contribution in [0.15, 0.2) is 36.8 Å². The van der Waals surface area contributed by atoms with Gasteiger partial charge in [-0.05, 0) is 18.6 Å². The molecule has 0 saturated heterocycles. The number of nitrogens with zero attached hydrogens (tertiary/aromatic N) is 2. The number of H-pyrrole nitrogens is 1. The SMILES string of the molecule is CCC(N)(C(=O)OCc1ccccn1)C(C)c1ncc[nH]1. The maximum atomic E-state index is 12.4. The Morgan fingerprint density at radius 2 is 2.24 bits per heavy atom. The van der Waals surface area contributed by atoms with Crippen LogP contribution in [0.1, 0.15) is 37.7 Å². The molecule has 6 nitrogen and oxygen atoms in total. The van der Waals surface area contributed by atoms with Gasteiger partial charge in [-0.2, -0.15) is 0 Å². The predicted octanol–water partition coefficient (Wildman–Crippen LogP) is 1.76. The molecule has 0 saturated carbocycles. The summed E-state index contributed by atoms with van der Waals surface area (Å²) in [6.45, 7) is 3.84. The Hall–Kier alpha value is -2.21. The number of hydrogen-bond acceptors (Lipinski definition) is 5. The number of esters is 1. The van der Waals surface area contributed by atoms with Crippen molar-refractivity contribution in [3.05, 3.63) is 48.3 Å². The zero-order valence-electron chi connectivity index (χ0n) is 12.2. The highest BCUT2D eigenvalue weighted by Gasteiger charge is 2.41. The van der Waals surface area contributed by atoms with E-state index in [-0.39, 0.29) is 12.5 Å². The van der Waals surface area contributed by atoms with Crippen molar-refractivity contribution in [2.75, 3.05) is 0 Å². The molecule has 6 heteroatoms. The van der Waals surface area contributed by atoms with Gasteiger partial charge in [0.25, 0.3) is 0 Å². The molecule has 0 aliphatic rings.